The summed E-state index contributed by atoms with van der Waals surface area (Å²) in [7, 11) is 0. The van der Waals surface area contributed by atoms with Gasteiger partial charge in [0.15, 0.2) is 0 Å². The minimum atomic E-state index is -0.254. The Morgan fingerprint density at radius 2 is 1.93 bits per heavy atom. The van der Waals surface area contributed by atoms with Gasteiger partial charge in [-0.1, -0.05) is 17.7 Å². The van der Waals surface area contributed by atoms with Crippen molar-refractivity contribution in [2.45, 2.75) is 12.8 Å². The Balaban J connectivity index is 2.64. The highest BCUT2D eigenvalue weighted by Gasteiger charge is 2.10. The smallest absolute Gasteiger partial charge is 0.127 e. The molecule has 0 aliphatic rings. The van der Waals surface area contributed by atoms with Crippen LogP contribution in [0.4, 0.5) is 4.39 Å². The van der Waals surface area contributed by atoms with E-state index in [9.17, 15) is 4.39 Å². The van der Waals surface area contributed by atoms with E-state index in [0.29, 0.717) is 30.1 Å². The van der Waals surface area contributed by atoms with Gasteiger partial charge in [-0.25, -0.2) is 4.39 Å². The summed E-state index contributed by atoms with van der Waals surface area (Å²) in [5, 5.41) is 0.475. The van der Waals surface area contributed by atoms with Gasteiger partial charge in [-0.15, -0.1) is 0 Å². The van der Waals surface area contributed by atoms with Crippen molar-refractivity contribution in [1.82, 2.24) is 0 Å². The molecule has 15 heavy (non-hydrogen) atoms. The fraction of sp³-hybridized carbons (Fsp3) is 0.455. The van der Waals surface area contributed by atoms with E-state index in [4.69, 9.17) is 23.1 Å². The molecule has 1 aromatic rings. The SMILES string of the molecule is NCC(CN)CCc1c(F)cccc1Cl. The van der Waals surface area contributed by atoms with Crippen molar-refractivity contribution in [3.8, 4) is 0 Å². The van der Waals surface area contributed by atoms with Crippen molar-refractivity contribution in [2.24, 2.45) is 17.4 Å². The summed E-state index contributed by atoms with van der Waals surface area (Å²) in [4.78, 5) is 0. The van der Waals surface area contributed by atoms with Gasteiger partial charge in [-0.05, 0) is 44.0 Å². The lowest BCUT2D eigenvalue weighted by Crippen LogP contribution is -2.23. The maximum atomic E-state index is 13.4. The second kappa shape index (κ2) is 6.05. The lowest BCUT2D eigenvalue weighted by atomic mass is 9.99. The molecule has 1 rings (SSSR count). The fourth-order valence-electron chi connectivity index (χ4n) is 1.45. The molecule has 0 unspecified atom stereocenters. The molecule has 0 heterocycles. The molecule has 0 bridgehead atoms. The van der Waals surface area contributed by atoms with Gasteiger partial charge in [-0.2, -0.15) is 0 Å². The average molecular weight is 231 g/mol. The van der Waals surface area contributed by atoms with Crippen LogP contribution in [-0.2, 0) is 6.42 Å². The molecular formula is C11H16ClFN2. The number of hydrogen-bond donors (Lipinski definition) is 2. The van der Waals surface area contributed by atoms with Crippen LogP contribution in [0, 0.1) is 11.7 Å². The monoisotopic (exact) mass is 230 g/mol. The molecule has 0 fully saturated rings. The van der Waals surface area contributed by atoms with Gasteiger partial charge in [0.25, 0.3) is 0 Å². The van der Waals surface area contributed by atoms with E-state index < -0.39 is 0 Å². The predicted molar refractivity (Wildman–Crippen MR) is 61.3 cm³/mol. The van der Waals surface area contributed by atoms with Crippen molar-refractivity contribution >= 4 is 11.6 Å². The maximum absolute atomic E-state index is 13.4. The summed E-state index contributed by atoms with van der Waals surface area (Å²) in [6, 6.07) is 4.71. The Morgan fingerprint density at radius 3 is 2.47 bits per heavy atom. The van der Waals surface area contributed by atoms with Crippen LogP contribution in [0.1, 0.15) is 12.0 Å². The predicted octanol–water partition coefficient (Wildman–Crippen LogP) is 1.95. The lowest BCUT2D eigenvalue weighted by molar-refractivity contribution is 0.499. The van der Waals surface area contributed by atoms with Crippen LogP contribution < -0.4 is 11.5 Å². The molecule has 0 aliphatic carbocycles. The van der Waals surface area contributed by atoms with Gasteiger partial charge in [-0.3, -0.25) is 0 Å². The molecule has 0 radical (unpaired) electrons. The molecule has 0 atom stereocenters. The number of hydrogen-bond acceptors (Lipinski definition) is 2. The second-order valence-corrected chi connectivity index (χ2v) is 3.98. The van der Waals surface area contributed by atoms with Crippen molar-refractivity contribution < 1.29 is 4.39 Å². The quantitative estimate of drug-likeness (QED) is 0.813. The van der Waals surface area contributed by atoms with E-state index in [1.165, 1.54) is 6.07 Å². The van der Waals surface area contributed by atoms with Crippen LogP contribution in [0.5, 0.6) is 0 Å². The van der Waals surface area contributed by atoms with Crippen molar-refractivity contribution in [3.63, 3.8) is 0 Å². The summed E-state index contributed by atoms with van der Waals surface area (Å²) < 4.78 is 13.4. The molecule has 0 saturated carbocycles. The normalized spacial score (nSPS) is 11.0. The molecule has 4 heteroatoms. The fourth-order valence-corrected chi connectivity index (χ4v) is 1.71. The summed E-state index contributed by atoms with van der Waals surface area (Å²) >= 11 is 5.90. The largest absolute Gasteiger partial charge is 0.330 e. The average Bonchev–Trinajstić information content (AvgIpc) is 2.23. The zero-order valence-electron chi connectivity index (χ0n) is 8.55. The van der Waals surface area contributed by atoms with Gasteiger partial charge >= 0.3 is 0 Å². The maximum Gasteiger partial charge on any atom is 0.127 e. The molecule has 84 valence electrons. The molecule has 0 amide bonds. The molecule has 4 N–H and O–H groups in total. The first-order valence-corrected chi connectivity index (χ1v) is 5.39. The molecule has 0 aromatic heterocycles. The van der Waals surface area contributed by atoms with Crippen molar-refractivity contribution in [3.05, 3.63) is 34.6 Å². The van der Waals surface area contributed by atoms with Gasteiger partial charge in [0.1, 0.15) is 5.82 Å². The highest BCUT2D eigenvalue weighted by atomic mass is 35.5. The second-order valence-electron chi connectivity index (χ2n) is 3.58. The van der Waals surface area contributed by atoms with Gasteiger partial charge in [0.05, 0.1) is 0 Å². The van der Waals surface area contributed by atoms with Crippen molar-refractivity contribution in [1.29, 1.82) is 0 Å². The molecular weight excluding hydrogens is 215 g/mol. The lowest BCUT2D eigenvalue weighted by Gasteiger charge is -2.12. The van der Waals surface area contributed by atoms with Crippen LogP contribution in [0.2, 0.25) is 5.02 Å². The van der Waals surface area contributed by atoms with E-state index in [0.717, 1.165) is 6.42 Å². The minimum absolute atomic E-state index is 0.237. The Labute approximate surface area is 94.4 Å². The first-order valence-electron chi connectivity index (χ1n) is 5.02. The zero-order chi connectivity index (χ0) is 11.3. The number of benzene rings is 1. The first kappa shape index (κ1) is 12.4. The third-order valence-corrected chi connectivity index (χ3v) is 2.89. The Hall–Kier alpha value is -0.640. The van der Waals surface area contributed by atoms with E-state index in [2.05, 4.69) is 0 Å². The van der Waals surface area contributed by atoms with Crippen LogP contribution in [0.15, 0.2) is 18.2 Å². The van der Waals surface area contributed by atoms with Crippen LogP contribution >= 0.6 is 11.6 Å². The Bertz CT molecular complexity index is 293. The third-order valence-electron chi connectivity index (χ3n) is 2.53. The molecule has 0 spiro atoms. The van der Waals surface area contributed by atoms with Crippen molar-refractivity contribution in [2.75, 3.05) is 13.1 Å². The van der Waals surface area contributed by atoms with E-state index in [-0.39, 0.29) is 11.7 Å². The van der Waals surface area contributed by atoms with Gasteiger partial charge < -0.3 is 11.5 Å². The van der Waals surface area contributed by atoms with Gasteiger partial charge in [0, 0.05) is 10.6 Å². The minimum Gasteiger partial charge on any atom is -0.330 e. The third kappa shape index (κ3) is 3.45. The molecule has 0 saturated heterocycles. The van der Waals surface area contributed by atoms with Crippen LogP contribution in [0.3, 0.4) is 0 Å². The molecule has 1 aromatic carbocycles. The Kier molecular flexibility index (Phi) is 5.02. The van der Waals surface area contributed by atoms with Crippen LogP contribution in [0.25, 0.3) is 0 Å². The highest BCUT2D eigenvalue weighted by Crippen LogP contribution is 2.21. The zero-order valence-corrected chi connectivity index (χ0v) is 9.30. The molecule has 2 nitrogen and oxygen atoms in total. The number of rotatable bonds is 5. The van der Waals surface area contributed by atoms with Gasteiger partial charge in [0.2, 0.25) is 0 Å². The molecule has 0 aliphatic heterocycles. The summed E-state index contributed by atoms with van der Waals surface area (Å²) in [6.07, 6.45) is 1.36. The number of nitrogens with two attached hydrogens (primary N) is 2. The highest BCUT2D eigenvalue weighted by molar-refractivity contribution is 6.31. The van der Waals surface area contributed by atoms with E-state index in [1.807, 2.05) is 0 Å². The standard InChI is InChI=1S/C11H16ClFN2/c12-10-2-1-3-11(13)9(10)5-4-8(6-14)7-15/h1-3,8H,4-7,14-15H2. The van der Waals surface area contributed by atoms with E-state index >= 15 is 0 Å². The number of halogens is 2. The van der Waals surface area contributed by atoms with Crippen LogP contribution in [-0.4, -0.2) is 13.1 Å². The summed E-state index contributed by atoms with van der Waals surface area (Å²) in [5.41, 5.74) is 11.6. The Morgan fingerprint density at radius 1 is 1.27 bits per heavy atom. The summed E-state index contributed by atoms with van der Waals surface area (Å²) in [5.74, 6) is -0.0176. The summed E-state index contributed by atoms with van der Waals surface area (Å²) in [6.45, 7) is 1.06. The van der Waals surface area contributed by atoms with E-state index in [1.54, 1.807) is 12.1 Å². The first-order chi connectivity index (χ1) is 7.19. The topological polar surface area (TPSA) is 52.0 Å².